The Hall–Kier alpha value is -2.21. The molecule has 1 fully saturated rings. The van der Waals surface area contributed by atoms with E-state index in [0.29, 0.717) is 18.4 Å². The lowest BCUT2D eigenvalue weighted by atomic mass is 9.89. The van der Waals surface area contributed by atoms with E-state index in [9.17, 15) is 4.79 Å². The Balaban J connectivity index is 1.52. The molecule has 1 unspecified atom stereocenters. The lowest BCUT2D eigenvalue weighted by molar-refractivity contribution is -0.114. The van der Waals surface area contributed by atoms with Gasteiger partial charge in [0, 0.05) is 25.1 Å². The molecule has 2 aromatic rings. The second-order valence-corrected chi connectivity index (χ2v) is 6.81. The van der Waals surface area contributed by atoms with Crippen molar-refractivity contribution in [3.63, 3.8) is 0 Å². The molecule has 25 heavy (non-hydrogen) atoms. The third-order valence-electron chi connectivity index (χ3n) is 4.68. The minimum atomic E-state index is -0.0651. The molecule has 1 aliphatic rings. The fourth-order valence-corrected chi connectivity index (χ4v) is 3.22. The maximum Gasteiger partial charge on any atom is 0.243 e. The number of hydrogen-bond donors (Lipinski definition) is 2. The Kier molecular flexibility index (Phi) is 5.81. The molecule has 1 aromatic heterocycles. The summed E-state index contributed by atoms with van der Waals surface area (Å²) in [6, 6.07) is 7.78. The molecule has 1 saturated carbocycles. The second kappa shape index (κ2) is 8.25. The molecule has 1 heterocycles. The number of nitrogens with one attached hydrogen (secondary N) is 2. The summed E-state index contributed by atoms with van der Waals surface area (Å²) < 4.78 is 5.46. The van der Waals surface area contributed by atoms with E-state index in [-0.39, 0.29) is 11.9 Å². The van der Waals surface area contributed by atoms with E-state index >= 15 is 0 Å². The van der Waals surface area contributed by atoms with E-state index in [1.165, 1.54) is 39.0 Å². The first-order chi connectivity index (χ1) is 12.1. The van der Waals surface area contributed by atoms with Gasteiger partial charge in [0.05, 0.1) is 6.04 Å². The Labute approximate surface area is 148 Å². The van der Waals surface area contributed by atoms with Crippen molar-refractivity contribution in [2.24, 2.45) is 0 Å². The van der Waals surface area contributed by atoms with Crippen LogP contribution in [0.15, 0.2) is 28.8 Å². The average molecular weight is 342 g/mol. The van der Waals surface area contributed by atoms with Gasteiger partial charge in [-0.25, -0.2) is 0 Å². The van der Waals surface area contributed by atoms with E-state index in [4.69, 9.17) is 4.52 Å². The van der Waals surface area contributed by atoms with E-state index < -0.39 is 0 Å². The second-order valence-electron chi connectivity index (χ2n) is 6.81. The lowest BCUT2D eigenvalue weighted by Crippen LogP contribution is -2.18. The van der Waals surface area contributed by atoms with Crippen molar-refractivity contribution in [3.05, 3.63) is 41.5 Å². The third kappa shape index (κ3) is 4.89. The minimum Gasteiger partial charge on any atom is -0.338 e. The van der Waals surface area contributed by atoms with Crippen LogP contribution < -0.4 is 10.6 Å². The largest absolute Gasteiger partial charge is 0.338 e. The van der Waals surface area contributed by atoms with E-state index in [0.717, 1.165) is 17.1 Å². The molecule has 0 radical (unpaired) electrons. The van der Waals surface area contributed by atoms with E-state index in [1.807, 2.05) is 31.2 Å². The van der Waals surface area contributed by atoms with Gasteiger partial charge in [0.25, 0.3) is 0 Å². The summed E-state index contributed by atoms with van der Waals surface area (Å²) in [5.41, 5.74) is 1.94. The van der Waals surface area contributed by atoms with Gasteiger partial charge in [0.15, 0.2) is 5.82 Å². The van der Waals surface area contributed by atoms with E-state index in [2.05, 4.69) is 20.8 Å². The molecule has 0 spiro atoms. The molecular formula is C19H26N4O2. The molecule has 2 N–H and O–H groups in total. The molecule has 0 bridgehead atoms. The number of nitrogens with zero attached hydrogens (tertiary/aromatic N) is 2. The molecule has 1 aliphatic carbocycles. The van der Waals surface area contributed by atoms with E-state index in [1.54, 1.807) is 0 Å². The number of aromatic nitrogens is 2. The van der Waals surface area contributed by atoms with Crippen LogP contribution in [0.2, 0.25) is 0 Å². The number of amides is 1. The predicted molar refractivity (Wildman–Crippen MR) is 96.1 cm³/mol. The van der Waals surface area contributed by atoms with Gasteiger partial charge in [-0.15, -0.1) is 0 Å². The number of hydrogen-bond acceptors (Lipinski definition) is 5. The van der Waals surface area contributed by atoms with Crippen LogP contribution in [0.25, 0.3) is 0 Å². The SMILES string of the molecule is CC(=O)Nc1ccc(CNC(C)c2nc(C3CCCCC3)no2)cc1. The highest BCUT2D eigenvalue weighted by molar-refractivity contribution is 5.88. The highest BCUT2D eigenvalue weighted by Gasteiger charge is 2.22. The molecule has 1 aromatic carbocycles. The minimum absolute atomic E-state index is 0.000128. The Bertz CT molecular complexity index is 690. The summed E-state index contributed by atoms with van der Waals surface area (Å²) in [6.45, 7) is 4.23. The third-order valence-corrected chi connectivity index (χ3v) is 4.68. The molecule has 1 atom stereocenters. The Morgan fingerprint density at radius 3 is 2.64 bits per heavy atom. The summed E-state index contributed by atoms with van der Waals surface area (Å²) >= 11 is 0. The normalized spacial score (nSPS) is 16.6. The zero-order valence-electron chi connectivity index (χ0n) is 14.9. The summed E-state index contributed by atoms with van der Waals surface area (Å²) in [7, 11) is 0. The van der Waals surface area contributed by atoms with Crippen LogP contribution in [0.1, 0.15) is 75.2 Å². The quantitative estimate of drug-likeness (QED) is 0.831. The van der Waals surface area contributed by atoms with Crippen molar-refractivity contribution in [1.82, 2.24) is 15.5 Å². The van der Waals surface area contributed by atoms with Crippen molar-refractivity contribution in [2.45, 2.75) is 64.5 Å². The van der Waals surface area contributed by atoms with Crippen molar-refractivity contribution in [2.75, 3.05) is 5.32 Å². The molecule has 6 nitrogen and oxygen atoms in total. The van der Waals surface area contributed by atoms with Crippen molar-refractivity contribution in [1.29, 1.82) is 0 Å². The van der Waals surface area contributed by atoms with Gasteiger partial charge in [-0.1, -0.05) is 36.6 Å². The van der Waals surface area contributed by atoms with Crippen LogP contribution in [0.4, 0.5) is 5.69 Å². The molecule has 0 aliphatic heterocycles. The summed E-state index contributed by atoms with van der Waals surface area (Å²) in [5, 5.41) is 10.4. The van der Waals surface area contributed by atoms with Crippen molar-refractivity contribution < 1.29 is 9.32 Å². The van der Waals surface area contributed by atoms with Crippen LogP contribution in [-0.4, -0.2) is 16.0 Å². The molecule has 3 rings (SSSR count). The lowest BCUT2D eigenvalue weighted by Gasteiger charge is -2.17. The monoisotopic (exact) mass is 342 g/mol. The maximum absolute atomic E-state index is 11.0. The number of benzene rings is 1. The molecule has 0 saturated heterocycles. The smallest absolute Gasteiger partial charge is 0.243 e. The summed E-state index contributed by atoms with van der Waals surface area (Å²) in [5.74, 6) is 1.91. The first-order valence-corrected chi connectivity index (χ1v) is 9.05. The topological polar surface area (TPSA) is 80.0 Å². The maximum atomic E-state index is 11.0. The highest BCUT2D eigenvalue weighted by atomic mass is 16.5. The van der Waals surface area contributed by atoms with Gasteiger partial charge in [0.2, 0.25) is 11.8 Å². The number of carbonyl (C=O) groups excluding carboxylic acids is 1. The molecule has 134 valence electrons. The molecule has 1 amide bonds. The highest BCUT2D eigenvalue weighted by Crippen LogP contribution is 2.31. The first kappa shape index (κ1) is 17.6. The van der Waals surface area contributed by atoms with Crippen LogP contribution in [0, 0.1) is 0 Å². The number of anilines is 1. The Morgan fingerprint density at radius 1 is 1.24 bits per heavy atom. The molecule has 6 heteroatoms. The average Bonchev–Trinajstić information content (AvgIpc) is 3.11. The van der Waals surface area contributed by atoms with Gasteiger partial charge in [0.1, 0.15) is 0 Å². The fourth-order valence-electron chi connectivity index (χ4n) is 3.22. The predicted octanol–water partition coefficient (Wildman–Crippen LogP) is 3.93. The van der Waals surface area contributed by atoms with Gasteiger partial charge in [-0.05, 0) is 37.5 Å². The summed E-state index contributed by atoms with van der Waals surface area (Å²) in [4.78, 5) is 15.6. The van der Waals surface area contributed by atoms with Crippen LogP contribution in [-0.2, 0) is 11.3 Å². The Morgan fingerprint density at radius 2 is 1.96 bits per heavy atom. The zero-order chi connectivity index (χ0) is 17.6. The van der Waals surface area contributed by atoms with Gasteiger partial charge < -0.3 is 15.2 Å². The standard InChI is InChI=1S/C19H26N4O2/c1-13(19-22-18(23-25-19)16-6-4-3-5-7-16)20-12-15-8-10-17(11-9-15)21-14(2)24/h8-11,13,16,20H,3-7,12H2,1-2H3,(H,21,24). The first-order valence-electron chi connectivity index (χ1n) is 9.05. The van der Waals surface area contributed by atoms with Gasteiger partial charge >= 0.3 is 0 Å². The van der Waals surface area contributed by atoms with Crippen molar-refractivity contribution in [3.8, 4) is 0 Å². The number of rotatable bonds is 6. The van der Waals surface area contributed by atoms with Gasteiger partial charge in [-0.2, -0.15) is 4.98 Å². The molecular weight excluding hydrogens is 316 g/mol. The van der Waals surface area contributed by atoms with Gasteiger partial charge in [-0.3, -0.25) is 4.79 Å². The zero-order valence-corrected chi connectivity index (χ0v) is 14.9. The van der Waals surface area contributed by atoms with Crippen LogP contribution in [0.5, 0.6) is 0 Å². The fraction of sp³-hybridized carbons (Fsp3) is 0.526. The van der Waals surface area contributed by atoms with Crippen molar-refractivity contribution >= 4 is 11.6 Å². The van der Waals surface area contributed by atoms with Crippen LogP contribution in [0.3, 0.4) is 0 Å². The summed E-state index contributed by atoms with van der Waals surface area (Å²) in [6.07, 6.45) is 6.18. The van der Waals surface area contributed by atoms with Crippen LogP contribution >= 0.6 is 0 Å². The number of carbonyl (C=O) groups is 1.